The van der Waals surface area contributed by atoms with Crippen molar-refractivity contribution in [3.05, 3.63) is 47.5 Å². The molecule has 136 valence electrons. The van der Waals surface area contributed by atoms with Crippen LogP contribution in [-0.4, -0.2) is 31.9 Å². The van der Waals surface area contributed by atoms with Gasteiger partial charge in [-0.3, -0.25) is 4.79 Å². The SMILES string of the molecule is COc1cc(NC(=O)COCc2cc(-c3cccs3)on2)cc(OC)c1. The maximum Gasteiger partial charge on any atom is 0.250 e. The van der Waals surface area contributed by atoms with E-state index in [0.717, 1.165) is 4.88 Å². The highest BCUT2D eigenvalue weighted by Crippen LogP contribution is 2.26. The Morgan fingerprint density at radius 2 is 1.96 bits per heavy atom. The largest absolute Gasteiger partial charge is 0.497 e. The summed E-state index contributed by atoms with van der Waals surface area (Å²) in [7, 11) is 3.09. The molecule has 0 saturated heterocycles. The second kappa shape index (κ2) is 8.50. The molecule has 7 nitrogen and oxygen atoms in total. The lowest BCUT2D eigenvalue weighted by Gasteiger charge is -2.09. The Labute approximate surface area is 154 Å². The summed E-state index contributed by atoms with van der Waals surface area (Å²) in [5.74, 6) is 1.57. The fourth-order valence-corrected chi connectivity index (χ4v) is 2.91. The third-order valence-electron chi connectivity index (χ3n) is 3.44. The molecule has 0 spiro atoms. The van der Waals surface area contributed by atoms with Crippen LogP contribution in [0.25, 0.3) is 10.6 Å². The van der Waals surface area contributed by atoms with Crippen LogP contribution >= 0.6 is 11.3 Å². The summed E-state index contributed by atoms with van der Waals surface area (Å²) in [5.41, 5.74) is 1.19. The number of nitrogens with one attached hydrogen (secondary N) is 1. The van der Waals surface area contributed by atoms with E-state index in [2.05, 4.69) is 10.5 Å². The van der Waals surface area contributed by atoms with E-state index in [1.807, 2.05) is 17.5 Å². The first-order valence-electron chi connectivity index (χ1n) is 7.78. The summed E-state index contributed by atoms with van der Waals surface area (Å²) in [6.45, 7) is 0.0739. The molecule has 0 bridgehead atoms. The predicted molar refractivity (Wildman–Crippen MR) is 97.6 cm³/mol. The van der Waals surface area contributed by atoms with E-state index in [1.54, 1.807) is 49.8 Å². The summed E-state index contributed by atoms with van der Waals surface area (Å²) in [5, 5.41) is 8.64. The summed E-state index contributed by atoms with van der Waals surface area (Å²) in [4.78, 5) is 13.0. The van der Waals surface area contributed by atoms with Gasteiger partial charge in [0.2, 0.25) is 5.91 Å². The number of carbonyl (C=O) groups is 1. The van der Waals surface area contributed by atoms with Crippen molar-refractivity contribution in [1.29, 1.82) is 0 Å². The lowest BCUT2D eigenvalue weighted by Crippen LogP contribution is -2.18. The molecule has 0 atom stereocenters. The molecule has 2 aromatic heterocycles. The zero-order chi connectivity index (χ0) is 18.4. The van der Waals surface area contributed by atoms with Crippen LogP contribution in [0.15, 0.2) is 46.3 Å². The minimum Gasteiger partial charge on any atom is -0.497 e. The van der Waals surface area contributed by atoms with Crippen molar-refractivity contribution in [2.45, 2.75) is 6.61 Å². The minimum atomic E-state index is -0.290. The van der Waals surface area contributed by atoms with Crippen LogP contribution in [0.4, 0.5) is 5.69 Å². The highest BCUT2D eigenvalue weighted by Gasteiger charge is 2.10. The molecule has 2 heterocycles. The third kappa shape index (κ3) is 4.62. The Bertz CT molecular complexity index is 838. The van der Waals surface area contributed by atoms with Crippen molar-refractivity contribution < 1.29 is 23.5 Å². The molecule has 0 aliphatic rings. The molecule has 3 rings (SSSR count). The van der Waals surface area contributed by atoms with Crippen molar-refractivity contribution >= 4 is 22.9 Å². The first-order chi connectivity index (χ1) is 12.7. The average Bonchev–Trinajstić information content (AvgIpc) is 3.32. The summed E-state index contributed by atoms with van der Waals surface area (Å²) in [6, 6.07) is 10.8. The van der Waals surface area contributed by atoms with Gasteiger partial charge in [0.05, 0.1) is 25.7 Å². The minimum absolute atomic E-state index is 0.110. The number of methoxy groups -OCH3 is 2. The molecule has 0 fully saturated rings. The highest BCUT2D eigenvalue weighted by molar-refractivity contribution is 7.13. The van der Waals surface area contributed by atoms with Gasteiger partial charge in [0, 0.05) is 30.0 Å². The van der Waals surface area contributed by atoms with Gasteiger partial charge in [0.15, 0.2) is 5.76 Å². The molecule has 26 heavy (non-hydrogen) atoms. The van der Waals surface area contributed by atoms with Crippen LogP contribution in [0, 0.1) is 0 Å². The van der Waals surface area contributed by atoms with Crippen LogP contribution in [-0.2, 0) is 16.1 Å². The van der Waals surface area contributed by atoms with E-state index in [1.165, 1.54) is 0 Å². The van der Waals surface area contributed by atoms with E-state index in [4.69, 9.17) is 18.7 Å². The van der Waals surface area contributed by atoms with Crippen LogP contribution in [0.5, 0.6) is 11.5 Å². The zero-order valence-electron chi connectivity index (χ0n) is 14.4. The quantitative estimate of drug-likeness (QED) is 0.649. The smallest absolute Gasteiger partial charge is 0.250 e. The number of rotatable bonds is 8. The van der Waals surface area contributed by atoms with Crippen molar-refractivity contribution in [3.63, 3.8) is 0 Å². The van der Waals surface area contributed by atoms with Crippen molar-refractivity contribution in [3.8, 4) is 22.1 Å². The van der Waals surface area contributed by atoms with Gasteiger partial charge >= 0.3 is 0 Å². The fourth-order valence-electron chi connectivity index (χ4n) is 2.24. The number of hydrogen-bond acceptors (Lipinski definition) is 7. The zero-order valence-corrected chi connectivity index (χ0v) is 15.2. The molecule has 0 aliphatic carbocycles. The number of ether oxygens (including phenoxy) is 3. The molecule has 0 radical (unpaired) electrons. The second-order valence-corrected chi connectivity index (χ2v) is 6.25. The van der Waals surface area contributed by atoms with Gasteiger partial charge in [-0.05, 0) is 11.4 Å². The van der Waals surface area contributed by atoms with Gasteiger partial charge in [-0.25, -0.2) is 0 Å². The Balaban J connectivity index is 1.50. The van der Waals surface area contributed by atoms with Gasteiger partial charge in [-0.1, -0.05) is 11.2 Å². The number of benzene rings is 1. The molecular formula is C18H18N2O5S. The molecule has 3 aromatic rings. The Morgan fingerprint density at radius 1 is 1.19 bits per heavy atom. The summed E-state index contributed by atoms with van der Waals surface area (Å²) >= 11 is 1.57. The highest BCUT2D eigenvalue weighted by atomic mass is 32.1. The van der Waals surface area contributed by atoms with Crippen LogP contribution in [0.3, 0.4) is 0 Å². The van der Waals surface area contributed by atoms with E-state index in [9.17, 15) is 4.79 Å². The molecule has 0 saturated carbocycles. The van der Waals surface area contributed by atoms with E-state index in [-0.39, 0.29) is 19.1 Å². The topological polar surface area (TPSA) is 82.8 Å². The Kier molecular flexibility index (Phi) is 5.88. The van der Waals surface area contributed by atoms with Crippen molar-refractivity contribution in [1.82, 2.24) is 5.16 Å². The Morgan fingerprint density at radius 3 is 2.62 bits per heavy atom. The van der Waals surface area contributed by atoms with Crippen molar-refractivity contribution in [2.24, 2.45) is 0 Å². The molecular weight excluding hydrogens is 356 g/mol. The first-order valence-corrected chi connectivity index (χ1v) is 8.66. The van der Waals surface area contributed by atoms with Crippen LogP contribution < -0.4 is 14.8 Å². The number of aromatic nitrogens is 1. The van der Waals surface area contributed by atoms with Crippen molar-refractivity contribution in [2.75, 3.05) is 26.1 Å². The second-order valence-electron chi connectivity index (χ2n) is 5.30. The molecule has 1 aromatic carbocycles. The number of amides is 1. The number of carbonyl (C=O) groups excluding carboxylic acids is 1. The van der Waals surface area contributed by atoms with Gasteiger partial charge in [0.1, 0.15) is 23.8 Å². The lowest BCUT2D eigenvalue weighted by atomic mass is 10.2. The summed E-state index contributed by atoms with van der Waals surface area (Å²) < 4.78 is 21.0. The van der Waals surface area contributed by atoms with E-state index < -0.39 is 0 Å². The van der Waals surface area contributed by atoms with Gasteiger partial charge in [-0.15, -0.1) is 11.3 Å². The van der Waals surface area contributed by atoms with Gasteiger partial charge in [-0.2, -0.15) is 0 Å². The molecule has 8 heteroatoms. The molecule has 1 N–H and O–H groups in total. The number of hydrogen-bond donors (Lipinski definition) is 1. The van der Waals surface area contributed by atoms with Crippen LogP contribution in [0.2, 0.25) is 0 Å². The number of thiophene rings is 1. The monoisotopic (exact) mass is 374 g/mol. The van der Waals surface area contributed by atoms with E-state index >= 15 is 0 Å². The van der Waals surface area contributed by atoms with Gasteiger partial charge in [0.25, 0.3) is 0 Å². The van der Waals surface area contributed by atoms with E-state index in [0.29, 0.717) is 28.6 Å². The Hall–Kier alpha value is -2.84. The average molecular weight is 374 g/mol. The van der Waals surface area contributed by atoms with Gasteiger partial charge < -0.3 is 24.1 Å². The van der Waals surface area contributed by atoms with Crippen LogP contribution in [0.1, 0.15) is 5.69 Å². The predicted octanol–water partition coefficient (Wildman–Crippen LogP) is 3.58. The first kappa shape index (κ1) is 18.0. The fraction of sp³-hybridized carbons (Fsp3) is 0.222. The standard InChI is InChI=1S/C18H18N2O5S/c1-22-14-6-12(7-15(9-14)23-2)19-18(21)11-24-10-13-8-16(25-20-13)17-4-3-5-26-17/h3-9H,10-11H2,1-2H3,(H,19,21). The molecule has 0 aliphatic heterocycles. The summed E-state index contributed by atoms with van der Waals surface area (Å²) in [6.07, 6.45) is 0. The number of anilines is 1. The third-order valence-corrected chi connectivity index (χ3v) is 4.33. The lowest BCUT2D eigenvalue weighted by molar-refractivity contribution is -0.121. The molecule has 1 amide bonds. The normalized spacial score (nSPS) is 10.5. The molecule has 0 unspecified atom stereocenters. The maximum atomic E-state index is 12.0. The number of nitrogens with zero attached hydrogens (tertiary/aromatic N) is 1. The maximum absolute atomic E-state index is 12.0.